The van der Waals surface area contributed by atoms with Gasteiger partial charge in [0.25, 0.3) is 0 Å². The number of hydrogen-bond acceptors (Lipinski definition) is 5. The van der Waals surface area contributed by atoms with Crippen LogP contribution in [0.4, 0.5) is 0 Å². The average molecular weight is 386 g/mol. The summed E-state index contributed by atoms with van der Waals surface area (Å²) in [5.74, 6) is 0.841. The van der Waals surface area contributed by atoms with E-state index in [1.54, 1.807) is 19.1 Å². The fraction of sp³-hybridized carbons (Fsp3) is 0.435. The lowest BCUT2D eigenvalue weighted by Crippen LogP contribution is -2.44. The molecule has 0 unspecified atom stereocenters. The van der Waals surface area contributed by atoms with Crippen molar-refractivity contribution in [3.63, 3.8) is 0 Å². The summed E-state index contributed by atoms with van der Waals surface area (Å²) in [6, 6.07) is 15.2. The Morgan fingerprint density at radius 2 is 1.50 bits per heavy atom. The molecule has 0 bridgehead atoms. The molecule has 0 aliphatic rings. The Kier molecular flexibility index (Phi) is 7.08. The van der Waals surface area contributed by atoms with Crippen LogP contribution < -0.4 is 9.47 Å². The van der Waals surface area contributed by atoms with Gasteiger partial charge < -0.3 is 19.3 Å². The van der Waals surface area contributed by atoms with Gasteiger partial charge in [0.05, 0.1) is 13.7 Å². The first kappa shape index (κ1) is 21.8. The van der Waals surface area contributed by atoms with E-state index in [9.17, 15) is 4.79 Å². The zero-order valence-corrected chi connectivity index (χ0v) is 17.3. The number of aliphatic hydroxyl groups is 1. The second-order valence-electron chi connectivity index (χ2n) is 7.99. The molecule has 2 rings (SSSR count). The average Bonchev–Trinajstić information content (AvgIpc) is 2.66. The van der Waals surface area contributed by atoms with Gasteiger partial charge in [0.2, 0.25) is 5.60 Å². The van der Waals surface area contributed by atoms with Crippen LogP contribution in [0.1, 0.15) is 38.8 Å². The fourth-order valence-corrected chi connectivity index (χ4v) is 2.91. The predicted molar refractivity (Wildman–Crippen MR) is 109 cm³/mol. The van der Waals surface area contributed by atoms with Crippen LogP contribution in [0.3, 0.4) is 0 Å². The van der Waals surface area contributed by atoms with Gasteiger partial charge in [-0.3, -0.25) is 0 Å². The summed E-state index contributed by atoms with van der Waals surface area (Å²) in [6.45, 7) is 8.38. The number of rotatable bonds is 8. The maximum atomic E-state index is 12.5. The number of methoxy groups -OCH3 is 1. The van der Waals surface area contributed by atoms with Crippen LogP contribution in [0, 0.1) is 0 Å². The Hall–Kier alpha value is -2.53. The highest BCUT2D eigenvalue weighted by Crippen LogP contribution is 2.28. The second kappa shape index (κ2) is 9.11. The molecule has 2 aromatic rings. The normalized spacial score (nSPS) is 13.5. The van der Waals surface area contributed by atoms with E-state index in [2.05, 4.69) is 20.8 Å². The van der Waals surface area contributed by atoms with Crippen molar-refractivity contribution in [2.75, 3.05) is 20.3 Å². The van der Waals surface area contributed by atoms with Crippen LogP contribution in [0.25, 0.3) is 0 Å². The van der Waals surface area contributed by atoms with Gasteiger partial charge in [-0.15, -0.1) is 0 Å². The lowest BCUT2D eigenvalue weighted by molar-refractivity contribution is -0.157. The topological polar surface area (TPSA) is 65.0 Å². The summed E-state index contributed by atoms with van der Waals surface area (Å²) in [7, 11) is 1.36. The van der Waals surface area contributed by atoms with Crippen molar-refractivity contribution in [1.29, 1.82) is 0 Å². The van der Waals surface area contributed by atoms with Gasteiger partial charge in [0.1, 0.15) is 18.1 Å². The molecule has 0 aromatic heterocycles. The van der Waals surface area contributed by atoms with E-state index >= 15 is 0 Å². The van der Waals surface area contributed by atoms with Gasteiger partial charge >= 0.3 is 5.97 Å². The number of benzene rings is 2. The third kappa shape index (κ3) is 5.73. The van der Waals surface area contributed by atoms with Crippen molar-refractivity contribution in [2.45, 2.75) is 45.1 Å². The minimum absolute atomic E-state index is 0.0377. The maximum absolute atomic E-state index is 12.5. The van der Waals surface area contributed by atoms with E-state index in [-0.39, 0.29) is 18.6 Å². The minimum Gasteiger partial charge on any atom is -0.491 e. The zero-order valence-electron chi connectivity index (χ0n) is 17.3. The van der Waals surface area contributed by atoms with Gasteiger partial charge in [-0.1, -0.05) is 45.0 Å². The van der Waals surface area contributed by atoms with Gasteiger partial charge in [-0.25, -0.2) is 4.79 Å². The Labute approximate surface area is 167 Å². The summed E-state index contributed by atoms with van der Waals surface area (Å²) in [6.07, 6.45) is 0.348. The van der Waals surface area contributed by atoms with Crippen LogP contribution in [-0.4, -0.2) is 37.0 Å². The molecular weight excluding hydrogens is 356 g/mol. The quantitative estimate of drug-likeness (QED) is 0.697. The predicted octanol–water partition coefficient (Wildman–Crippen LogP) is 3.91. The lowest BCUT2D eigenvalue weighted by Gasteiger charge is -2.28. The van der Waals surface area contributed by atoms with E-state index in [0.29, 0.717) is 17.9 Å². The van der Waals surface area contributed by atoms with Gasteiger partial charge in [-0.2, -0.15) is 0 Å². The maximum Gasteiger partial charge on any atom is 0.350 e. The molecule has 0 aliphatic heterocycles. The fourth-order valence-electron chi connectivity index (χ4n) is 2.91. The molecule has 0 saturated heterocycles. The Morgan fingerprint density at radius 3 is 2.00 bits per heavy atom. The molecule has 0 saturated carbocycles. The van der Waals surface area contributed by atoms with E-state index in [1.807, 2.05) is 36.4 Å². The van der Waals surface area contributed by atoms with Gasteiger partial charge in [0.15, 0.2) is 0 Å². The number of ether oxygens (including phenoxy) is 3. The molecular formula is C23H30O5. The molecule has 5 heteroatoms. The second-order valence-corrected chi connectivity index (χ2v) is 7.99. The molecule has 0 fully saturated rings. The number of aliphatic hydroxyl groups excluding tert-OH is 1. The Morgan fingerprint density at radius 1 is 0.929 bits per heavy atom. The van der Waals surface area contributed by atoms with Crippen molar-refractivity contribution < 1.29 is 24.1 Å². The molecule has 0 amide bonds. The highest BCUT2D eigenvalue weighted by atomic mass is 16.6. The molecule has 1 N–H and O–H groups in total. The molecule has 0 aliphatic carbocycles. The number of carbonyl (C=O) groups excluding carboxylic acids is 1. The first-order valence-electron chi connectivity index (χ1n) is 9.38. The minimum atomic E-state index is -1.16. The Bertz CT molecular complexity index is 759. The zero-order chi connectivity index (χ0) is 20.8. The summed E-state index contributed by atoms with van der Waals surface area (Å²) in [5.41, 5.74) is 0.990. The summed E-state index contributed by atoms with van der Waals surface area (Å²) in [5, 5.41) is 8.83. The van der Waals surface area contributed by atoms with Gasteiger partial charge in [0, 0.05) is 6.42 Å². The largest absolute Gasteiger partial charge is 0.491 e. The molecule has 152 valence electrons. The van der Waals surface area contributed by atoms with E-state index < -0.39 is 11.6 Å². The standard InChI is InChI=1S/C23H30O5/c1-22(2,3)18-8-12-20(13-9-18)28-23(4,21(25)26-5)16-17-6-10-19(11-7-17)27-15-14-24/h6-13,24H,14-16H2,1-5H3/t23-/m0/s1. The summed E-state index contributed by atoms with van der Waals surface area (Å²) >= 11 is 0. The smallest absolute Gasteiger partial charge is 0.350 e. The van der Waals surface area contributed by atoms with Crippen LogP contribution in [0.5, 0.6) is 11.5 Å². The molecule has 0 radical (unpaired) electrons. The lowest BCUT2D eigenvalue weighted by atomic mass is 9.87. The molecule has 5 nitrogen and oxygen atoms in total. The number of esters is 1. The summed E-state index contributed by atoms with van der Waals surface area (Å²) < 4.78 is 16.5. The van der Waals surface area contributed by atoms with Crippen LogP contribution >= 0.6 is 0 Å². The Balaban J connectivity index is 2.18. The van der Waals surface area contributed by atoms with E-state index in [1.165, 1.54) is 12.7 Å². The van der Waals surface area contributed by atoms with Crippen molar-refractivity contribution in [3.05, 3.63) is 59.7 Å². The highest BCUT2D eigenvalue weighted by Gasteiger charge is 2.37. The summed E-state index contributed by atoms with van der Waals surface area (Å²) in [4.78, 5) is 12.5. The molecule has 1 atom stereocenters. The van der Waals surface area contributed by atoms with Crippen molar-refractivity contribution in [3.8, 4) is 11.5 Å². The van der Waals surface area contributed by atoms with Crippen LogP contribution in [0.15, 0.2) is 48.5 Å². The van der Waals surface area contributed by atoms with Crippen molar-refractivity contribution in [1.82, 2.24) is 0 Å². The molecule has 0 heterocycles. The van der Waals surface area contributed by atoms with Crippen LogP contribution in [0.2, 0.25) is 0 Å². The number of carbonyl (C=O) groups is 1. The SMILES string of the molecule is COC(=O)[C@](C)(Cc1ccc(OCCO)cc1)Oc1ccc(C(C)(C)C)cc1. The molecule has 0 spiro atoms. The van der Waals surface area contributed by atoms with E-state index in [0.717, 1.165) is 5.56 Å². The third-order valence-corrected chi connectivity index (χ3v) is 4.51. The van der Waals surface area contributed by atoms with Crippen molar-refractivity contribution in [2.24, 2.45) is 0 Å². The van der Waals surface area contributed by atoms with E-state index in [4.69, 9.17) is 19.3 Å². The molecule has 2 aromatic carbocycles. The van der Waals surface area contributed by atoms with Crippen molar-refractivity contribution >= 4 is 5.97 Å². The van der Waals surface area contributed by atoms with Crippen LogP contribution in [-0.2, 0) is 21.4 Å². The first-order chi connectivity index (χ1) is 13.2. The monoisotopic (exact) mass is 386 g/mol. The highest BCUT2D eigenvalue weighted by molar-refractivity contribution is 5.80. The molecule has 28 heavy (non-hydrogen) atoms. The first-order valence-corrected chi connectivity index (χ1v) is 9.38. The number of hydrogen-bond donors (Lipinski definition) is 1. The third-order valence-electron chi connectivity index (χ3n) is 4.51. The van der Waals surface area contributed by atoms with Gasteiger partial charge in [-0.05, 0) is 47.7 Å².